The maximum Gasteiger partial charge on any atom is 0.270 e. The molecule has 5 nitrogen and oxygen atoms in total. The zero-order valence-electron chi connectivity index (χ0n) is 13.4. The average Bonchev–Trinajstić information content (AvgIpc) is 2.86. The predicted octanol–water partition coefficient (Wildman–Crippen LogP) is 1.50. The van der Waals surface area contributed by atoms with E-state index in [0.29, 0.717) is 25.3 Å². The van der Waals surface area contributed by atoms with Gasteiger partial charge in [0, 0.05) is 38.4 Å². The van der Waals surface area contributed by atoms with Crippen LogP contribution < -0.4 is 0 Å². The number of nitrogens with one attached hydrogen (secondary N) is 1. The molecule has 5 heteroatoms. The van der Waals surface area contributed by atoms with Gasteiger partial charge in [0.05, 0.1) is 6.10 Å². The van der Waals surface area contributed by atoms with Gasteiger partial charge >= 0.3 is 0 Å². The van der Waals surface area contributed by atoms with Crippen molar-refractivity contribution in [1.29, 1.82) is 0 Å². The van der Waals surface area contributed by atoms with Crippen LogP contribution in [0.5, 0.6) is 0 Å². The lowest BCUT2D eigenvalue weighted by Crippen LogP contribution is -2.38. The van der Waals surface area contributed by atoms with Crippen molar-refractivity contribution in [1.82, 2.24) is 14.8 Å². The van der Waals surface area contributed by atoms with E-state index in [2.05, 4.69) is 16.8 Å². The highest BCUT2D eigenvalue weighted by Crippen LogP contribution is 2.27. The first-order valence-corrected chi connectivity index (χ1v) is 8.53. The molecule has 1 aromatic rings. The zero-order valence-corrected chi connectivity index (χ0v) is 13.4. The Labute approximate surface area is 132 Å². The third kappa shape index (κ3) is 3.52. The van der Waals surface area contributed by atoms with Crippen molar-refractivity contribution in [3.05, 3.63) is 23.5 Å². The van der Waals surface area contributed by atoms with Crippen LogP contribution in [0, 0.1) is 5.92 Å². The SMILES string of the molecule is CCc1ccc(C(=O)N2CCN(CC3CCC3)C[C@@H](O)C2)[nH]1. The van der Waals surface area contributed by atoms with Gasteiger partial charge in [0.15, 0.2) is 0 Å². The highest BCUT2D eigenvalue weighted by molar-refractivity contribution is 5.92. The number of hydrogen-bond acceptors (Lipinski definition) is 3. The molecule has 1 amide bonds. The monoisotopic (exact) mass is 305 g/mol. The molecule has 22 heavy (non-hydrogen) atoms. The lowest BCUT2D eigenvalue weighted by atomic mass is 9.85. The Morgan fingerprint density at radius 3 is 2.77 bits per heavy atom. The highest BCUT2D eigenvalue weighted by atomic mass is 16.3. The molecule has 2 fully saturated rings. The quantitative estimate of drug-likeness (QED) is 0.886. The van der Waals surface area contributed by atoms with E-state index in [9.17, 15) is 9.90 Å². The van der Waals surface area contributed by atoms with E-state index in [1.807, 2.05) is 12.1 Å². The number of carbonyl (C=O) groups is 1. The Bertz CT molecular complexity index is 510. The average molecular weight is 305 g/mol. The summed E-state index contributed by atoms with van der Waals surface area (Å²) >= 11 is 0. The molecule has 2 aliphatic rings. The minimum Gasteiger partial charge on any atom is -0.390 e. The van der Waals surface area contributed by atoms with Crippen molar-refractivity contribution in [2.75, 3.05) is 32.7 Å². The van der Waals surface area contributed by atoms with Crippen LogP contribution in [0.1, 0.15) is 42.4 Å². The lowest BCUT2D eigenvalue weighted by Gasteiger charge is -2.32. The second kappa shape index (κ2) is 6.84. The first kappa shape index (κ1) is 15.6. The second-order valence-electron chi connectivity index (χ2n) is 6.71. The summed E-state index contributed by atoms with van der Waals surface area (Å²) in [5.74, 6) is 0.800. The Morgan fingerprint density at radius 1 is 1.32 bits per heavy atom. The molecule has 3 rings (SSSR count). The number of rotatable bonds is 4. The fraction of sp³-hybridized carbons (Fsp3) is 0.706. The first-order valence-electron chi connectivity index (χ1n) is 8.53. The predicted molar refractivity (Wildman–Crippen MR) is 85.9 cm³/mol. The van der Waals surface area contributed by atoms with Gasteiger partial charge in [-0.3, -0.25) is 9.69 Å². The first-order chi connectivity index (χ1) is 10.7. The van der Waals surface area contributed by atoms with Gasteiger partial charge in [-0.2, -0.15) is 0 Å². The molecule has 0 bridgehead atoms. The smallest absolute Gasteiger partial charge is 0.270 e. The number of aliphatic hydroxyl groups is 1. The van der Waals surface area contributed by atoms with Crippen LogP contribution in [0.15, 0.2) is 12.1 Å². The Morgan fingerprint density at radius 2 is 2.14 bits per heavy atom. The van der Waals surface area contributed by atoms with Crippen molar-refractivity contribution in [3.63, 3.8) is 0 Å². The number of β-amino-alcohol motifs (C(OH)–C–C–N with tert-alkyl or cyclic N) is 1. The molecule has 1 saturated heterocycles. The molecule has 2 heterocycles. The topological polar surface area (TPSA) is 59.6 Å². The fourth-order valence-electron chi connectivity index (χ4n) is 3.39. The maximum absolute atomic E-state index is 12.6. The molecule has 1 aromatic heterocycles. The molecule has 0 radical (unpaired) electrons. The summed E-state index contributed by atoms with van der Waals surface area (Å²) in [6.07, 6.45) is 4.42. The molecule has 0 aromatic carbocycles. The van der Waals surface area contributed by atoms with Crippen LogP contribution >= 0.6 is 0 Å². The number of aromatic nitrogens is 1. The third-order valence-corrected chi connectivity index (χ3v) is 4.97. The minimum atomic E-state index is -0.452. The standard InChI is InChI=1S/C17H27N3O2/c1-2-14-6-7-16(18-14)17(22)20-9-8-19(11-15(21)12-20)10-13-4-3-5-13/h6-7,13,15,18,21H,2-5,8-12H2,1H3/t15-/m1/s1. The summed E-state index contributed by atoms with van der Waals surface area (Å²) in [7, 11) is 0. The number of H-pyrrole nitrogens is 1. The van der Waals surface area contributed by atoms with Crippen LogP contribution in [-0.2, 0) is 6.42 Å². The van der Waals surface area contributed by atoms with E-state index in [1.54, 1.807) is 4.90 Å². The van der Waals surface area contributed by atoms with Gasteiger partial charge in [-0.25, -0.2) is 0 Å². The molecule has 2 N–H and O–H groups in total. The summed E-state index contributed by atoms with van der Waals surface area (Å²) in [6.45, 7) is 5.81. The van der Waals surface area contributed by atoms with E-state index in [1.165, 1.54) is 19.3 Å². The second-order valence-corrected chi connectivity index (χ2v) is 6.71. The number of nitrogens with zero attached hydrogens (tertiary/aromatic N) is 2. The Hall–Kier alpha value is -1.33. The summed E-state index contributed by atoms with van der Waals surface area (Å²) in [4.78, 5) is 19.9. The molecule has 1 saturated carbocycles. The number of aryl methyl sites for hydroxylation is 1. The normalized spacial score (nSPS) is 24.1. The van der Waals surface area contributed by atoms with Gasteiger partial charge in [-0.15, -0.1) is 0 Å². The number of aliphatic hydroxyl groups excluding tert-OH is 1. The summed E-state index contributed by atoms with van der Waals surface area (Å²) < 4.78 is 0. The van der Waals surface area contributed by atoms with Crippen LogP contribution in [0.3, 0.4) is 0 Å². The van der Waals surface area contributed by atoms with E-state index < -0.39 is 6.10 Å². The summed E-state index contributed by atoms with van der Waals surface area (Å²) in [5.41, 5.74) is 1.71. The van der Waals surface area contributed by atoms with Gasteiger partial charge in [0.1, 0.15) is 5.69 Å². The number of amides is 1. The molecular weight excluding hydrogens is 278 g/mol. The van der Waals surface area contributed by atoms with Gasteiger partial charge < -0.3 is 15.0 Å². The van der Waals surface area contributed by atoms with Gasteiger partial charge in [0.2, 0.25) is 0 Å². The molecule has 0 spiro atoms. The third-order valence-electron chi connectivity index (χ3n) is 4.97. The molecule has 1 aliphatic carbocycles. The van der Waals surface area contributed by atoms with Crippen LogP contribution in [0.4, 0.5) is 0 Å². The molecule has 122 valence electrons. The molecule has 0 unspecified atom stereocenters. The minimum absolute atomic E-state index is 0.00393. The fourth-order valence-corrected chi connectivity index (χ4v) is 3.39. The Kier molecular flexibility index (Phi) is 4.84. The van der Waals surface area contributed by atoms with Crippen molar-refractivity contribution < 1.29 is 9.90 Å². The van der Waals surface area contributed by atoms with E-state index >= 15 is 0 Å². The van der Waals surface area contributed by atoms with Crippen molar-refractivity contribution in [3.8, 4) is 0 Å². The maximum atomic E-state index is 12.6. The van der Waals surface area contributed by atoms with Crippen molar-refractivity contribution in [2.24, 2.45) is 5.92 Å². The van der Waals surface area contributed by atoms with Crippen LogP contribution in [0.25, 0.3) is 0 Å². The van der Waals surface area contributed by atoms with Gasteiger partial charge in [-0.1, -0.05) is 13.3 Å². The molecular formula is C17H27N3O2. The largest absolute Gasteiger partial charge is 0.390 e. The number of hydrogen-bond donors (Lipinski definition) is 2. The van der Waals surface area contributed by atoms with Gasteiger partial charge in [0.25, 0.3) is 5.91 Å². The zero-order chi connectivity index (χ0) is 15.5. The highest BCUT2D eigenvalue weighted by Gasteiger charge is 2.28. The summed E-state index contributed by atoms with van der Waals surface area (Å²) in [5, 5.41) is 10.2. The van der Waals surface area contributed by atoms with Crippen molar-refractivity contribution >= 4 is 5.91 Å². The lowest BCUT2D eigenvalue weighted by molar-refractivity contribution is 0.0653. The van der Waals surface area contributed by atoms with Crippen LogP contribution in [0.2, 0.25) is 0 Å². The number of aromatic amines is 1. The molecule has 1 atom stereocenters. The van der Waals surface area contributed by atoms with E-state index in [-0.39, 0.29) is 5.91 Å². The van der Waals surface area contributed by atoms with Gasteiger partial charge in [-0.05, 0) is 37.3 Å². The van der Waals surface area contributed by atoms with E-state index in [4.69, 9.17) is 0 Å². The number of carbonyl (C=O) groups excluding carboxylic acids is 1. The van der Waals surface area contributed by atoms with Crippen molar-refractivity contribution in [2.45, 2.75) is 38.7 Å². The Balaban J connectivity index is 1.60. The van der Waals surface area contributed by atoms with Crippen LogP contribution in [-0.4, -0.2) is 64.6 Å². The van der Waals surface area contributed by atoms with E-state index in [0.717, 1.165) is 31.1 Å². The summed E-state index contributed by atoms with van der Waals surface area (Å²) in [6, 6.07) is 3.81. The molecule has 1 aliphatic heterocycles.